The number of benzene rings is 2. The van der Waals surface area contributed by atoms with Crippen LogP contribution in [0.1, 0.15) is 30.9 Å². The molecule has 182 valence electrons. The van der Waals surface area contributed by atoms with Crippen LogP contribution in [-0.4, -0.2) is 52.1 Å². The molecular formula is C25H36IN3O4. The topological polar surface area (TPSA) is 73.3 Å². The normalized spacial score (nSPS) is 15.3. The zero-order valence-corrected chi connectivity index (χ0v) is 22.0. The van der Waals surface area contributed by atoms with Crippen LogP contribution in [0.5, 0.6) is 11.5 Å². The zero-order chi connectivity index (χ0) is 22.6. The average Bonchev–Trinajstić information content (AvgIpc) is 2.84. The lowest BCUT2D eigenvalue weighted by molar-refractivity contribution is -0.0390. The Hall–Kier alpha value is -2.04. The summed E-state index contributed by atoms with van der Waals surface area (Å²) in [7, 11) is 3.41. The van der Waals surface area contributed by atoms with Gasteiger partial charge in [0.2, 0.25) is 0 Å². The van der Waals surface area contributed by atoms with Gasteiger partial charge in [0.15, 0.2) is 5.96 Å². The van der Waals surface area contributed by atoms with Crippen molar-refractivity contribution in [2.45, 2.75) is 45.1 Å². The minimum atomic E-state index is -0.0358. The van der Waals surface area contributed by atoms with Crippen molar-refractivity contribution in [3.8, 4) is 11.5 Å². The Kier molecular flexibility index (Phi) is 12.3. The molecule has 1 atom stereocenters. The quantitative estimate of drug-likeness (QED) is 0.255. The molecule has 7 nitrogen and oxygen atoms in total. The van der Waals surface area contributed by atoms with E-state index in [1.165, 1.54) is 11.1 Å². The molecule has 1 aliphatic heterocycles. The van der Waals surface area contributed by atoms with Crippen LogP contribution in [0, 0.1) is 0 Å². The fraction of sp³-hybridized carbons (Fsp3) is 0.480. The number of guanidine groups is 1. The van der Waals surface area contributed by atoms with E-state index in [1.54, 1.807) is 14.2 Å². The van der Waals surface area contributed by atoms with Crippen LogP contribution >= 0.6 is 24.0 Å². The van der Waals surface area contributed by atoms with Gasteiger partial charge in [0.05, 0.1) is 26.4 Å². The predicted octanol–water partition coefficient (Wildman–Crippen LogP) is 4.14. The second-order valence-electron chi connectivity index (χ2n) is 7.86. The maximum atomic E-state index is 6.04. The highest BCUT2D eigenvalue weighted by Crippen LogP contribution is 2.19. The molecule has 1 fully saturated rings. The lowest BCUT2D eigenvalue weighted by atomic mass is 10.1. The molecule has 3 rings (SSSR count). The van der Waals surface area contributed by atoms with Crippen molar-refractivity contribution in [2.24, 2.45) is 4.99 Å². The smallest absolute Gasteiger partial charge is 0.191 e. The number of rotatable bonds is 10. The number of aliphatic imine (C=N–C) groups is 1. The van der Waals surface area contributed by atoms with Gasteiger partial charge in [-0.1, -0.05) is 30.3 Å². The lowest BCUT2D eigenvalue weighted by Crippen LogP contribution is -2.41. The van der Waals surface area contributed by atoms with E-state index in [4.69, 9.17) is 18.9 Å². The number of hydrogen-bond donors (Lipinski definition) is 2. The SMILES string of the molecule is CN=C(NCc1cccc(COC2CCOCC2)c1)NCC(C)Oc1cccc(OC)c1.I. The Morgan fingerprint density at radius 1 is 1.06 bits per heavy atom. The summed E-state index contributed by atoms with van der Waals surface area (Å²) in [6, 6.07) is 16.1. The third-order valence-electron chi connectivity index (χ3n) is 5.26. The van der Waals surface area contributed by atoms with Crippen molar-refractivity contribution >= 4 is 29.9 Å². The van der Waals surface area contributed by atoms with Crippen LogP contribution in [0.25, 0.3) is 0 Å². The molecule has 1 heterocycles. The van der Waals surface area contributed by atoms with Crippen molar-refractivity contribution in [3.05, 3.63) is 59.7 Å². The minimum absolute atomic E-state index is 0. The molecule has 0 saturated carbocycles. The van der Waals surface area contributed by atoms with Crippen LogP contribution in [-0.2, 0) is 22.6 Å². The Morgan fingerprint density at radius 2 is 1.79 bits per heavy atom. The molecule has 0 radical (unpaired) electrons. The lowest BCUT2D eigenvalue weighted by Gasteiger charge is -2.22. The Labute approximate surface area is 214 Å². The molecule has 8 heteroatoms. The first-order chi connectivity index (χ1) is 15.7. The van der Waals surface area contributed by atoms with Crippen LogP contribution in [0.3, 0.4) is 0 Å². The molecule has 0 spiro atoms. The van der Waals surface area contributed by atoms with E-state index < -0.39 is 0 Å². The van der Waals surface area contributed by atoms with E-state index >= 15 is 0 Å². The highest BCUT2D eigenvalue weighted by atomic mass is 127. The molecule has 2 aromatic carbocycles. The third kappa shape index (κ3) is 9.77. The number of methoxy groups -OCH3 is 1. The highest BCUT2D eigenvalue weighted by Gasteiger charge is 2.14. The second kappa shape index (κ2) is 15.0. The number of nitrogens with zero attached hydrogens (tertiary/aromatic N) is 1. The molecule has 33 heavy (non-hydrogen) atoms. The van der Waals surface area contributed by atoms with E-state index in [1.807, 2.05) is 31.2 Å². The first-order valence-corrected chi connectivity index (χ1v) is 11.2. The first-order valence-electron chi connectivity index (χ1n) is 11.2. The van der Waals surface area contributed by atoms with Gasteiger partial charge in [-0.2, -0.15) is 0 Å². The molecule has 0 amide bonds. The van der Waals surface area contributed by atoms with E-state index in [2.05, 4.69) is 39.9 Å². The summed E-state index contributed by atoms with van der Waals surface area (Å²) < 4.78 is 22.6. The number of nitrogens with one attached hydrogen (secondary N) is 2. The molecular weight excluding hydrogens is 533 g/mol. The van der Waals surface area contributed by atoms with Crippen molar-refractivity contribution in [3.63, 3.8) is 0 Å². The summed E-state index contributed by atoms with van der Waals surface area (Å²) in [6.07, 6.45) is 2.22. The summed E-state index contributed by atoms with van der Waals surface area (Å²) in [5.74, 6) is 2.29. The van der Waals surface area contributed by atoms with E-state index in [-0.39, 0.29) is 30.1 Å². The summed E-state index contributed by atoms with van der Waals surface area (Å²) >= 11 is 0. The maximum absolute atomic E-state index is 6.04. The third-order valence-corrected chi connectivity index (χ3v) is 5.26. The van der Waals surface area contributed by atoms with Crippen molar-refractivity contribution < 1.29 is 18.9 Å². The molecule has 1 saturated heterocycles. The van der Waals surface area contributed by atoms with Crippen molar-refractivity contribution in [2.75, 3.05) is 33.9 Å². The van der Waals surface area contributed by atoms with Crippen LogP contribution in [0.15, 0.2) is 53.5 Å². The van der Waals surface area contributed by atoms with Gasteiger partial charge in [-0.3, -0.25) is 4.99 Å². The number of ether oxygens (including phenoxy) is 4. The maximum Gasteiger partial charge on any atom is 0.191 e. The number of halogens is 1. The largest absolute Gasteiger partial charge is 0.497 e. The van der Waals surface area contributed by atoms with E-state index in [0.29, 0.717) is 25.8 Å². The van der Waals surface area contributed by atoms with Crippen LogP contribution < -0.4 is 20.1 Å². The molecule has 0 aliphatic carbocycles. The van der Waals surface area contributed by atoms with Crippen molar-refractivity contribution in [1.29, 1.82) is 0 Å². The Bertz CT molecular complexity index is 859. The Morgan fingerprint density at radius 3 is 2.55 bits per heavy atom. The second-order valence-corrected chi connectivity index (χ2v) is 7.86. The van der Waals surface area contributed by atoms with Gasteiger partial charge in [0, 0.05) is 32.9 Å². The van der Waals surface area contributed by atoms with E-state index in [0.717, 1.165) is 43.5 Å². The molecule has 2 aromatic rings. The minimum Gasteiger partial charge on any atom is -0.497 e. The summed E-state index contributed by atoms with van der Waals surface area (Å²) in [5, 5.41) is 6.68. The molecule has 1 aliphatic rings. The summed E-state index contributed by atoms with van der Waals surface area (Å²) in [6.45, 7) is 5.53. The van der Waals surface area contributed by atoms with E-state index in [9.17, 15) is 0 Å². The molecule has 2 N–H and O–H groups in total. The first kappa shape index (κ1) is 27.2. The van der Waals surface area contributed by atoms with Gasteiger partial charge in [0.1, 0.15) is 17.6 Å². The average molecular weight is 569 g/mol. The Balaban J connectivity index is 0.00000385. The van der Waals surface area contributed by atoms with Gasteiger partial charge in [0.25, 0.3) is 0 Å². The van der Waals surface area contributed by atoms with Crippen LogP contribution in [0.2, 0.25) is 0 Å². The van der Waals surface area contributed by atoms with Gasteiger partial charge < -0.3 is 29.6 Å². The standard InChI is InChI=1S/C25H35N3O4.HI/c1-19(32-24-9-5-8-23(15-24)29-3)16-27-25(26-2)28-17-20-6-4-7-21(14-20)18-31-22-10-12-30-13-11-22;/h4-9,14-15,19,22H,10-13,16-18H2,1-3H3,(H2,26,27,28);1H. The monoisotopic (exact) mass is 569 g/mol. The summed E-state index contributed by atoms with van der Waals surface area (Å²) in [4.78, 5) is 4.31. The fourth-order valence-corrected chi connectivity index (χ4v) is 3.48. The highest BCUT2D eigenvalue weighted by molar-refractivity contribution is 14.0. The van der Waals surface area contributed by atoms with Gasteiger partial charge >= 0.3 is 0 Å². The number of hydrogen-bond acceptors (Lipinski definition) is 5. The van der Waals surface area contributed by atoms with Crippen LogP contribution in [0.4, 0.5) is 0 Å². The zero-order valence-electron chi connectivity index (χ0n) is 19.7. The predicted molar refractivity (Wildman–Crippen MR) is 142 cm³/mol. The van der Waals surface area contributed by atoms with Gasteiger partial charge in [-0.05, 0) is 43.0 Å². The molecule has 0 bridgehead atoms. The molecule has 0 aromatic heterocycles. The molecule has 1 unspecified atom stereocenters. The fourth-order valence-electron chi connectivity index (χ4n) is 3.48. The van der Waals surface area contributed by atoms with Gasteiger partial charge in [-0.25, -0.2) is 0 Å². The summed E-state index contributed by atoms with van der Waals surface area (Å²) in [5.41, 5.74) is 2.36. The van der Waals surface area contributed by atoms with Crippen molar-refractivity contribution in [1.82, 2.24) is 10.6 Å². The van der Waals surface area contributed by atoms with Gasteiger partial charge in [-0.15, -0.1) is 24.0 Å².